The van der Waals surface area contributed by atoms with Crippen LogP contribution >= 0.6 is 0 Å². The molecule has 1 N–H and O–H groups in total. The molecule has 22 rings (SSSR count). The Morgan fingerprint density at radius 1 is 0.864 bits per heavy atom. The van der Waals surface area contributed by atoms with E-state index in [0.717, 1.165) is 78.4 Å². The molecule has 14 unspecified atom stereocenters. The number of carbonyl (C=O) groups excluding carboxylic acids is 1. The van der Waals surface area contributed by atoms with Gasteiger partial charge in [0.05, 0.1) is 6.61 Å². The Morgan fingerprint density at radius 2 is 1.75 bits per heavy atom. The van der Waals surface area contributed by atoms with Crippen molar-refractivity contribution in [2.24, 2.45) is 68.5 Å². The van der Waals surface area contributed by atoms with Crippen LogP contribution in [-0.4, -0.2) is 17.6 Å². The Labute approximate surface area is 343 Å². The summed E-state index contributed by atoms with van der Waals surface area (Å²) >= 11 is 0. The number of allylic oxidation sites excluding steroid dienone is 10. The van der Waals surface area contributed by atoms with Crippen LogP contribution in [-0.2, 0) is 21.4 Å². The predicted molar refractivity (Wildman–Crippen MR) is 220 cm³/mol. The smallest absolute Gasteiger partial charge is 0.305 e. The van der Waals surface area contributed by atoms with E-state index in [1.165, 1.54) is 50.5 Å². The first kappa shape index (κ1) is 28.4. The highest BCUT2D eigenvalue weighted by atomic mass is 16.5. The molecule has 8 saturated carbocycles. The number of esters is 1. The van der Waals surface area contributed by atoms with Crippen LogP contribution in [0.25, 0.3) is 11.1 Å². The Bertz CT molecular complexity index is 3120. The lowest BCUT2D eigenvalue weighted by atomic mass is 9.31. The number of aromatic amines is 1. The molecule has 5 spiro atoms. The van der Waals surface area contributed by atoms with Gasteiger partial charge in [-0.15, -0.1) is 0 Å². The summed E-state index contributed by atoms with van der Waals surface area (Å²) < 4.78 is 5.99. The molecule has 17 atom stereocenters. The normalized spacial score (nSPS) is 53.4. The molecule has 0 amide bonds. The van der Waals surface area contributed by atoms with Crippen LogP contribution in [0.3, 0.4) is 0 Å². The Kier molecular flexibility index (Phi) is 3.61. The molecule has 8 fully saturated rings. The maximum absolute atomic E-state index is 13.7. The van der Waals surface area contributed by atoms with E-state index in [1.54, 1.807) is 5.56 Å². The summed E-state index contributed by atoms with van der Waals surface area (Å²) in [6, 6.07) is 14.4. The molecular weight excluding hydrogens is 719 g/mol. The number of hydrogen-bond donors (Lipinski definition) is 1. The lowest BCUT2D eigenvalue weighted by Crippen LogP contribution is -2.68. The summed E-state index contributed by atoms with van der Waals surface area (Å²) in [5, 5.41) is 0. The van der Waals surface area contributed by atoms with Gasteiger partial charge >= 0.3 is 5.97 Å². The summed E-state index contributed by atoms with van der Waals surface area (Å²) in [6.45, 7) is 0.481. The highest BCUT2D eigenvalue weighted by Crippen LogP contribution is 3.16. The second-order valence-corrected chi connectivity index (χ2v) is 24.1. The zero-order chi connectivity index (χ0) is 37.0. The van der Waals surface area contributed by atoms with Gasteiger partial charge in [0.15, 0.2) is 0 Å². The lowest BCUT2D eigenvalue weighted by Gasteiger charge is -2.71. The molecule has 2 aromatic carbocycles. The number of rotatable bonds is 8. The van der Waals surface area contributed by atoms with Gasteiger partial charge in [-0.1, -0.05) is 47.6 Å². The third-order valence-electron chi connectivity index (χ3n) is 24.5. The van der Waals surface area contributed by atoms with Gasteiger partial charge in [0, 0.05) is 70.1 Å². The summed E-state index contributed by atoms with van der Waals surface area (Å²) in [5.74, 6) is 8.75. The van der Waals surface area contributed by atoms with Crippen molar-refractivity contribution in [3.05, 3.63) is 138 Å². The third kappa shape index (κ3) is 1.95. The minimum atomic E-state index is 0.0157. The van der Waals surface area contributed by atoms with Gasteiger partial charge in [-0.05, 0) is 200 Å². The van der Waals surface area contributed by atoms with E-state index >= 15 is 0 Å². The van der Waals surface area contributed by atoms with Gasteiger partial charge in [0.25, 0.3) is 0 Å². The molecular formula is C56H45NO2. The van der Waals surface area contributed by atoms with Gasteiger partial charge in [-0.2, -0.15) is 0 Å². The quantitative estimate of drug-likeness (QED) is 0.183. The van der Waals surface area contributed by atoms with Crippen molar-refractivity contribution >= 4 is 17.1 Å². The van der Waals surface area contributed by atoms with Crippen molar-refractivity contribution < 1.29 is 9.53 Å². The average molecular weight is 764 g/mol. The topological polar surface area (TPSA) is 42.1 Å². The molecule has 1 aromatic heterocycles. The summed E-state index contributed by atoms with van der Waals surface area (Å²) in [4.78, 5) is 16.8. The fourth-order valence-corrected chi connectivity index (χ4v) is 25.2. The minimum absolute atomic E-state index is 0.0157. The molecule has 286 valence electrons. The van der Waals surface area contributed by atoms with Crippen LogP contribution in [0.15, 0.2) is 93.9 Å². The zero-order valence-electron chi connectivity index (χ0n) is 33.3. The Morgan fingerprint density at radius 3 is 2.66 bits per heavy atom. The third-order valence-corrected chi connectivity index (χ3v) is 24.5. The van der Waals surface area contributed by atoms with E-state index in [1.807, 2.05) is 84.8 Å². The number of fused-ring (bicyclic) bond motifs is 5. The van der Waals surface area contributed by atoms with E-state index in [0.29, 0.717) is 40.6 Å². The van der Waals surface area contributed by atoms with Crippen LogP contribution in [0.2, 0.25) is 0 Å². The van der Waals surface area contributed by atoms with Gasteiger partial charge < -0.3 is 9.72 Å². The summed E-state index contributed by atoms with van der Waals surface area (Å²) in [5.41, 5.74) is 34.2. The second kappa shape index (κ2) is 7.49. The standard InChI is InChI=1S/C56H45NO2/c58-32(59-16-13-22-12-15-57-21-22)7-4-14-52(23-5-2-1-3-6-23)53-19-24-18-51-20-30-26-9-8-25-29-17-31-44-27-10-11-28-36-35(27)47-41-37-38(39(45(30)51)34(26)33(25)40(37)46(29)54(31,44)47)43-42(41)48(36)56(53,49(28)53)55(24,52)50(43)51/h1-3,5-6,12,15,17,21,24-26,28-30,36,44-46,49,57H,4,7-11,13-14,16,18-20H2/t24?,25?,26?,28-,29?,30+,36?,44?,45?,46?,49-,51?,52?,53?,54?,55?,56?/m1/s1. The van der Waals surface area contributed by atoms with Gasteiger partial charge in [-0.3, -0.25) is 4.79 Å². The number of nitrogens with one attached hydrogen (secondary N) is 1. The SMILES string of the molecule is O=C(CCCC1(c2ccccc2)C23C4=C5C6=C7C8C9=C%10CC[C@H]8[C@@H]8C1(CC2CC41C[C@H]2C4CCC%11c%12c4c(c5c4c%12C5C%11C=C%11C%10C%115C9=C64)C21)C783)OCCc1cc[nH]c1. The van der Waals surface area contributed by atoms with E-state index < -0.39 is 0 Å². The molecule has 19 aliphatic carbocycles. The molecule has 1 heterocycles. The van der Waals surface area contributed by atoms with Gasteiger partial charge in [0.2, 0.25) is 0 Å². The van der Waals surface area contributed by atoms with E-state index in [-0.39, 0.29) is 16.8 Å². The average Bonchev–Trinajstić information content (AvgIpc) is 3.97. The second-order valence-electron chi connectivity index (χ2n) is 24.1. The van der Waals surface area contributed by atoms with Crippen LogP contribution in [0.4, 0.5) is 0 Å². The number of H-pyrrole nitrogens is 1. The van der Waals surface area contributed by atoms with E-state index in [4.69, 9.17) is 4.74 Å². The maximum atomic E-state index is 13.7. The highest BCUT2D eigenvalue weighted by Gasteiger charge is 3.12. The molecule has 3 heteroatoms. The van der Waals surface area contributed by atoms with Crippen molar-refractivity contribution in [1.82, 2.24) is 4.98 Å². The van der Waals surface area contributed by atoms with Crippen molar-refractivity contribution in [1.29, 1.82) is 0 Å². The molecule has 59 heavy (non-hydrogen) atoms. The Hall–Kier alpha value is -4.11. The molecule has 3 aromatic rings. The first-order valence-electron chi connectivity index (χ1n) is 24.4. The van der Waals surface area contributed by atoms with Crippen LogP contribution in [0, 0.1) is 68.5 Å². The predicted octanol–water partition coefficient (Wildman–Crippen LogP) is 10.5. The Balaban J connectivity index is 0.862. The molecule has 19 aliphatic rings. The minimum Gasteiger partial charge on any atom is -0.465 e. The zero-order valence-corrected chi connectivity index (χ0v) is 33.3. The van der Waals surface area contributed by atoms with Crippen LogP contribution in [0.1, 0.15) is 132 Å². The van der Waals surface area contributed by atoms with Crippen molar-refractivity contribution in [2.45, 2.75) is 99.7 Å². The number of ether oxygens (including phenoxy) is 1. The highest BCUT2D eigenvalue weighted by molar-refractivity contribution is 6.20. The lowest BCUT2D eigenvalue weighted by molar-refractivity contribution is -0.144. The fraction of sp³-hybridized carbons (Fsp3) is 0.518. The molecule has 0 radical (unpaired) electrons. The number of carbonyl (C=O) groups is 1. The van der Waals surface area contributed by atoms with Crippen LogP contribution in [0.5, 0.6) is 0 Å². The molecule has 2 bridgehead atoms. The monoisotopic (exact) mass is 763 g/mol. The van der Waals surface area contributed by atoms with Crippen LogP contribution < -0.4 is 0 Å². The summed E-state index contributed by atoms with van der Waals surface area (Å²) in [7, 11) is 0. The number of aromatic nitrogens is 1. The largest absolute Gasteiger partial charge is 0.465 e. The first-order chi connectivity index (χ1) is 29.2. The van der Waals surface area contributed by atoms with E-state index in [2.05, 4.69) is 58.6 Å². The number of benzene rings is 2. The number of hydrogen-bond acceptors (Lipinski definition) is 2. The van der Waals surface area contributed by atoms with Crippen molar-refractivity contribution in [2.75, 3.05) is 6.61 Å². The first-order valence-corrected chi connectivity index (χ1v) is 24.4. The van der Waals surface area contributed by atoms with Gasteiger partial charge in [-0.25, -0.2) is 0 Å². The van der Waals surface area contributed by atoms with Crippen molar-refractivity contribution in [3.63, 3.8) is 0 Å². The van der Waals surface area contributed by atoms with Gasteiger partial charge in [0.1, 0.15) is 0 Å². The molecule has 0 aliphatic heterocycles. The fourth-order valence-electron chi connectivity index (χ4n) is 25.2. The summed E-state index contributed by atoms with van der Waals surface area (Å²) in [6.07, 6.45) is 20.6. The maximum Gasteiger partial charge on any atom is 0.305 e. The van der Waals surface area contributed by atoms with E-state index in [9.17, 15) is 4.79 Å². The molecule has 0 saturated heterocycles. The van der Waals surface area contributed by atoms with Crippen molar-refractivity contribution in [3.8, 4) is 0 Å². The molecule has 3 nitrogen and oxygen atoms in total.